The predicted octanol–water partition coefficient (Wildman–Crippen LogP) is 18.4. The number of nitrogens with zero attached hydrogens (tertiary/aromatic N) is 1. The molecule has 2 heterocycles. The van der Waals surface area contributed by atoms with Crippen LogP contribution in [-0.2, 0) is 0 Å². The van der Waals surface area contributed by atoms with Gasteiger partial charge in [0.15, 0.2) is 0 Å². The third-order valence-electron chi connectivity index (χ3n) is 13.3. The molecule has 0 aliphatic carbocycles. The summed E-state index contributed by atoms with van der Waals surface area (Å²) in [6.45, 7) is 0. The van der Waals surface area contributed by atoms with Gasteiger partial charge in [-0.25, -0.2) is 0 Å². The lowest BCUT2D eigenvalue weighted by Crippen LogP contribution is -2.09. The Kier molecular flexibility index (Phi) is 9.17. The molecule has 0 saturated heterocycles. The van der Waals surface area contributed by atoms with Gasteiger partial charge in [-0.2, -0.15) is 0 Å². The van der Waals surface area contributed by atoms with Gasteiger partial charge >= 0.3 is 0 Å². The molecule has 0 radical (unpaired) electrons. The zero-order chi connectivity index (χ0) is 44.3. The molecule has 13 rings (SSSR count). The first-order valence-electron chi connectivity index (χ1n) is 22.8. The number of hydrogen-bond acceptors (Lipinski definition) is 3. The van der Waals surface area contributed by atoms with E-state index >= 15 is 0 Å². The summed E-state index contributed by atoms with van der Waals surface area (Å²) in [5.74, 6) is 0. The number of furan rings is 2. The van der Waals surface area contributed by atoms with Crippen molar-refractivity contribution < 1.29 is 8.83 Å². The molecular weight excluding hydrogens is 815 g/mol. The topological polar surface area (TPSA) is 29.5 Å². The van der Waals surface area contributed by atoms with Gasteiger partial charge in [-0.1, -0.05) is 170 Å². The molecule has 0 bridgehead atoms. The van der Waals surface area contributed by atoms with Crippen molar-refractivity contribution in [3.8, 4) is 55.6 Å². The smallest absolute Gasteiger partial charge is 0.136 e. The van der Waals surface area contributed by atoms with Gasteiger partial charge < -0.3 is 13.7 Å². The zero-order valence-corrected chi connectivity index (χ0v) is 36.4. The van der Waals surface area contributed by atoms with Gasteiger partial charge in [0, 0.05) is 38.6 Å². The highest BCUT2D eigenvalue weighted by molar-refractivity contribution is 6.12. The molecule has 2 aromatic heterocycles. The Labute approximate surface area is 388 Å². The normalized spacial score (nSPS) is 11.6. The first-order chi connectivity index (χ1) is 33.2. The van der Waals surface area contributed by atoms with Crippen molar-refractivity contribution in [2.75, 3.05) is 4.90 Å². The van der Waals surface area contributed by atoms with E-state index in [0.717, 1.165) is 88.8 Å². The number of rotatable bonds is 8. The van der Waals surface area contributed by atoms with Crippen LogP contribution in [0.2, 0.25) is 0 Å². The molecule has 67 heavy (non-hydrogen) atoms. The summed E-state index contributed by atoms with van der Waals surface area (Å²) in [5.41, 5.74) is 18.5. The minimum absolute atomic E-state index is 0.894. The molecule has 0 aliphatic heterocycles. The first kappa shape index (κ1) is 38.5. The van der Waals surface area contributed by atoms with Gasteiger partial charge in [0.2, 0.25) is 0 Å². The molecule has 13 aromatic rings. The van der Waals surface area contributed by atoms with Crippen LogP contribution in [0, 0.1) is 0 Å². The molecule has 0 N–H and O–H groups in total. The Hall–Kier alpha value is -8.92. The zero-order valence-electron chi connectivity index (χ0n) is 36.4. The largest absolute Gasteiger partial charge is 0.456 e. The minimum atomic E-state index is 0.894. The van der Waals surface area contributed by atoms with E-state index in [1.807, 2.05) is 24.3 Å². The van der Waals surface area contributed by atoms with Crippen LogP contribution in [0.3, 0.4) is 0 Å². The Balaban J connectivity index is 0.830. The standard InChI is InChI=1S/C64H41NO2/c1-2-10-48-40-51(24-23-42(48)9-1)50-12-7-11-49(39-50)45-21-19-43(20-22-45)44-25-32-53(33-26-44)65(54-34-27-46(28-35-54)52-31-38-62-59(41-52)57-13-3-5-16-60(57)66-62)55-36-29-47(30-37-55)56-15-8-18-63-64(56)58-14-4-6-17-61(58)67-63/h1-41H. The molecule has 0 atom stereocenters. The van der Waals surface area contributed by atoms with Crippen molar-refractivity contribution in [2.24, 2.45) is 0 Å². The second-order valence-electron chi connectivity index (χ2n) is 17.3. The van der Waals surface area contributed by atoms with Gasteiger partial charge in [-0.05, 0) is 145 Å². The molecule has 0 spiro atoms. The number of anilines is 3. The minimum Gasteiger partial charge on any atom is -0.456 e. The van der Waals surface area contributed by atoms with Gasteiger partial charge in [0.25, 0.3) is 0 Å². The number of para-hydroxylation sites is 2. The monoisotopic (exact) mass is 855 g/mol. The second-order valence-corrected chi connectivity index (χ2v) is 17.3. The van der Waals surface area contributed by atoms with Crippen molar-refractivity contribution in [3.63, 3.8) is 0 Å². The van der Waals surface area contributed by atoms with E-state index in [1.54, 1.807) is 0 Å². The highest BCUT2D eigenvalue weighted by atomic mass is 16.3. The van der Waals surface area contributed by atoms with E-state index in [-0.39, 0.29) is 0 Å². The van der Waals surface area contributed by atoms with Crippen molar-refractivity contribution in [3.05, 3.63) is 249 Å². The average Bonchev–Trinajstić information content (AvgIpc) is 3.98. The fourth-order valence-electron chi connectivity index (χ4n) is 9.87. The lowest BCUT2D eigenvalue weighted by Gasteiger charge is -2.26. The van der Waals surface area contributed by atoms with Crippen LogP contribution < -0.4 is 4.90 Å². The fraction of sp³-hybridized carbons (Fsp3) is 0. The van der Waals surface area contributed by atoms with E-state index in [4.69, 9.17) is 8.83 Å². The number of benzene rings is 11. The van der Waals surface area contributed by atoms with Crippen LogP contribution in [0.1, 0.15) is 0 Å². The van der Waals surface area contributed by atoms with Crippen molar-refractivity contribution in [2.45, 2.75) is 0 Å². The highest BCUT2D eigenvalue weighted by Crippen LogP contribution is 2.41. The van der Waals surface area contributed by atoms with Gasteiger partial charge in [-0.3, -0.25) is 0 Å². The first-order valence-corrected chi connectivity index (χ1v) is 22.8. The van der Waals surface area contributed by atoms with Crippen LogP contribution in [0.5, 0.6) is 0 Å². The molecule has 0 amide bonds. The van der Waals surface area contributed by atoms with Crippen molar-refractivity contribution >= 4 is 71.7 Å². The maximum Gasteiger partial charge on any atom is 0.136 e. The second kappa shape index (κ2) is 16.0. The van der Waals surface area contributed by atoms with Gasteiger partial charge in [-0.15, -0.1) is 0 Å². The third kappa shape index (κ3) is 6.93. The molecule has 3 nitrogen and oxygen atoms in total. The maximum atomic E-state index is 6.25. The van der Waals surface area contributed by atoms with Crippen LogP contribution in [0.4, 0.5) is 17.1 Å². The lowest BCUT2D eigenvalue weighted by atomic mass is 9.96. The quantitative estimate of drug-likeness (QED) is 0.152. The summed E-state index contributed by atoms with van der Waals surface area (Å²) in [4.78, 5) is 2.34. The summed E-state index contributed by atoms with van der Waals surface area (Å²) in [6.07, 6.45) is 0. The molecule has 0 unspecified atom stereocenters. The summed E-state index contributed by atoms with van der Waals surface area (Å²) < 4.78 is 12.4. The van der Waals surface area contributed by atoms with E-state index < -0.39 is 0 Å². The van der Waals surface area contributed by atoms with E-state index in [1.165, 1.54) is 38.6 Å². The molecule has 0 aliphatic rings. The van der Waals surface area contributed by atoms with E-state index in [2.05, 4.69) is 229 Å². The number of hydrogen-bond donors (Lipinski definition) is 0. The van der Waals surface area contributed by atoms with Crippen molar-refractivity contribution in [1.29, 1.82) is 0 Å². The summed E-state index contributed by atoms with van der Waals surface area (Å²) in [6, 6.07) is 89.0. The van der Waals surface area contributed by atoms with Gasteiger partial charge in [0.1, 0.15) is 22.3 Å². The predicted molar refractivity (Wildman–Crippen MR) is 280 cm³/mol. The highest BCUT2D eigenvalue weighted by Gasteiger charge is 2.17. The summed E-state index contributed by atoms with van der Waals surface area (Å²) >= 11 is 0. The van der Waals surface area contributed by atoms with Crippen LogP contribution in [-0.4, -0.2) is 0 Å². The summed E-state index contributed by atoms with van der Waals surface area (Å²) in [7, 11) is 0. The van der Waals surface area contributed by atoms with E-state index in [9.17, 15) is 0 Å². The SMILES string of the molecule is c1cc(-c2ccc(-c3ccc(N(c4ccc(-c5ccc6oc7ccccc7c6c5)cc4)c4ccc(-c5cccc6oc7ccccc7c56)cc4)cc3)cc2)cc(-c2ccc3ccccc3c2)c1. The Morgan fingerprint density at radius 1 is 0.239 bits per heavy atom. The van der Waals surface area contributed by atoms with Crippen LogP contribution in [0.25, 0.3) is 110 Å². The number of fused-ring (bicyclic) bond motifs is 7. The Morgan fingerprint density at radius 2 is 0.672 bits per heavy atom. The maximum absolute atomic E-state index is 6.25. The molecular formula is C64H41NO2. The van der Waals surface area contributed by atoms with Crippen molar-refractivity contribution in [1.82, 2.24) is 0 Å². The van der Waals surface area contributed by atoms with Gasteiger partial charge in [0.05, 0.1) is 0 Å². The lowest BCUT2D eigenvalue weighted by molar-refractivity contribution is 0.668. The molecule has 3 heteroatoms. The Bertz CT molecular complexity index is 3950. The van der Waals surface area contributed by atoms with E-state index in [0.29, 0.717) is 0 Å². The molecule has 0 saturated carbocycles. The molecule has 11 aromatic carbocycles. The van der Waals surface area contributed by atoms with Crippen LogP contribution in [0.15, 0.2) is 258 Å². The fourth-order valence-corrected chi connectivity index (χ4v) is 9.87. The molecule has 314 valence electrons. The Morgan fingerprint density at radius 3 is 1.36 bits per heavy atom. The third-order valence-corrected chi connectivity index (χ3v) is 13.3. The molecule has 0 fully saturated rings. The van der Waals surface area contributed by atoms with Crippen LogP contribution >= 0.6 is 0 Å². The summed E-state index contributed by atoms with van der Waals surface area (Å²) in [5, 5.41) is 7.02. The average molecular weight is 856 g/mol.